The van der Waals surface area contributed by atoms with Crippen molar-refractivity contribution in [3.63, 3.8) is 0 Å². The highest BCUT2D eigenvalue weighted by molar-refractivity contribution is 4.86. The SMILES string of the molecule is OC1COCC1NC1COC1. The minimum absolute atomic E-state index is 0.115. The summed E-state index contributed by atoms with van der Waals surface area (Å²) in [6.07, 6.45) is -0.337. The van der Waals surface area contributed by atoms with Gasteiger partial charge in [0.1, 0.15) is 0 Å². The fourth-order valence-electron chi connectivity index (χ4n) is 1.34. The van der Waals surface area contributed by atoms with E-state index in [1.165, 1.54) is 0 Å². The van der Waals surface area contributed by atoms with Crippen LogP contribution in [0.25, 0.3) is 0 Å². The standard InChI is InChI=1S/C7H13NO3/c9-7-4-11-3-6(7)8-5-1-10-2-5/h5-9H,1-4H2. The molecule has 0 aliphatic carbocycles. The molecule has 0 aromatic heterocycles. The van der Waals surface area contributed by atoms with Crippen molar-refractivity contribution in [2.45, 2.75) is 18.2 Å². The molecule has 0 saturated carbocycles. The number of hydrogen-bond acceptors (Lipinski definition) is 4. The average molecular weight is 159 g/mol. The van der Waals surface area contributed by atoms with Crippen molar-refractivity contribution in [3.05, 3.63) is 0 Å². The summed E-state index contributed by atoms with van der Waals surface area (Å²) in [6, 6.07) is 0.542. The highest BCUT2D eigenvalue weighted by Gasteiger charge is 2.30. The zero-order valence-electron chi connectivity index (χ0n) is 6.32. The molecule has 0 spiro atoms. The molecule has 2 aliphatic rings. The zero-order chi connectivity index (χ0) is 7.68. The van der Waals surface area contributed by atoms with Gasteiger partial charge in [0, 0.05) is 0 Å². The lowest BCUT2D eigenvalue weighted by Gasteiger charge is -2.30. The Labute approximate surface area is 65.5 Å². The van der Waals surface area contributed by atoms with E-state index < -0.39 is 0 Å². The lowest BCUT2D eigenvalue weighted by Crippen LogP contribution is -2.53. The van der Waals surface area contributed by atoms with E-state index in [9.17, 15) is 5.11 Å². The van der Waals surface area contributed by atoms with Gasteiger partial charge in [-0.25, -0.2) is 0 Å². The molecule has 2 unspecified atom stereocenters. The van der Waals surface area contributed by atoms with Gasteiger partial charge < -0.3 is 19.9 Å². The molecule has 2 heterocycles. The third kappa shape index (κ3) is 1.54. The third-order valence-electron chi connectivity index (χ3n) is 2.14. The summed E-state index contributed by atoms with van der Waals surface area (Å²) in [5, 5.41) is 12.6. The molecule has 0 bridgehead atoms. The van der Waals surface area contributed by atoms with E-state index in [-0.39, 0.29) is 12.1 Å². The Hall–Kier alpha value is -0.160. The first kappa shape index (κ1) is 7.49. The van der Waals surface area contributed by atoms with E-state index in [0.717, 1.165) is 13.2 Å². The monoisotopic (exact) mass is 159 g/mol. The summed E-state index contributed by atoms with van der Waals surface area (Å²) >= 11 is 0. The Kier molecular flexibility index (Phi) is 2.09. The number of aliphatic hydroxyl groups excluding tert-OH is 1. The van der Waals surface area contributed by atoms with Crippen molar-refractivity contribution in [2.24, 2.45) is 0 Å². The maximum absolute atomic E-state index is 9.33. The second-order valence-corrected chi connectivity index (χ2v) is 3.11. The summed E-state index contributed by atoms with van der Waals surface area (Å²) < 4.78 is 10.1. The quantitative estimate of drug-likeness (QED) is 0.527. The van der Waals surface area contributed by atoms with Gasteiger partial charge in [-0.3, -0.25) is 0 Å². The van der Waals surface area contributed by atoms with Crippen LogP contribution in [0.15, 0.2) is 0 Å². The lowest BCUT2D eigenvalue weighted by molar-refractivity contribution is -0.0154. The highest BCUT2D eigenvalue weighted by atomic mass is 16.5. The van der Waals surface area contributed by atoms with Gasteiger partial charge in [-0.2, -0.15) is 0 Å². The van der Waals surface area contributed by atoms with E-state index in [1.54, 1.807) is 0 Å². The molecule has 2 fully saturated rings. The van der Waals surface area contributed by atoms with Crippen LogP contribution >= 0.6 is 0 Å². The fraction of sp³-hybridized carbons (Fsp3) is 1.00. The summed E-state index contributed by atoms with van der Waals surface area (Å²) in [6.45, 7) is 2.62. The smallest absolute Gasteiger partial charge is 0.0948 e. The van der Waals surface area contributed by atoms with Crippen molar-refractivity contribution < 1.29 is 14.6 Å². The topological polar surface area (TPSA) is 50.7 Å². The van der Waals surface area contributed by atoms with Crippen LogP contribution in [0, 0.1) is 0 Å². The Balaban J connectivity index is 1.75. The summed E-state index contributed by atoms with van der Waals surface area (Å²) in [4.78, 5) is 0. The Morgan fingerprint density at radius 2 is 1.82 bits per heavy atom. The predicted octanol–water partition coefficient (Wildman–Crippen LogP) is -1.27. The molecule has 4 heteroatoms. The molecule has 64 valence electrons. The van der Waals surface area contributed by atoms with Gasteiger partial charge in [0.25, 0.3) is 0 Å². The third-order valence-corrected chi connectivity index (χ3v) is 2.14. The maximum Gasteiger partial charge on any atom is 0.0948 e. The number of ether oxygens (including phenoxy) is 2. The summed E-state index contributed by atoms with van der Waals surface area (Å²) in [5.74, 6) is 0. The molecule has 2 atom stereocenters. The molecule has 2 rings (SSSR count). The molecular weight excluding hydrogens is 146 g/mol. The minimum Gasteiger partial charge on any atom is -0.389 e. The van der Waals surface area contributed by atoms with Crippen molar-refractivity contribution >= 4 is 0 Å². The van der Waals surface area contributed by atoms with Gasteiger partial charge >= 0.3 is 0 Å². The second kappa shape index (κ2) is 3.06. The van der Waals surface area contributed by atoms with E-state index in [0.29, 0.717) is 19.3 Å². The van der Waals surface area contributed by atoms with E-state index >= 15 is 0 Å². The van der Waals surface area contributed by atoms with E-state index in [1.807, 2.05) is 0 Å². The van der Waals surface area contributed by atoms with Crippen molar-refractivity contribution in [1.82, 2.24) is 5.32 Å². The Morgan fingerprint density at radius 1 is 1.09 bits per heavy atom. The molecule has 11 heavy (non-hydrogen) atoms. The molecule has 2 N–H and O–H groups in total. The number of rotatable bonds is 2. The van der Waals surface area contributed by atoms with Gasteiger partial charge in [-0.05, 0) is 0 Å². The molecule has 0 amide bonds. The van der Waals surface area contributed by atoms with E-state index in [2.05, 4.69) is 5.32 Å². The van der Waals surface area contributed by atoms with Crippen LogP contribution in [-0.4, -0.2) is 49.7 Å². The van der Waals surface area contributed by atoms with Crippen molar-refractivity contribution in [3.8, 4) is 0 Å². The molecule has 2 aliphatic heterocycles. The van der Waals surface area contributed by atoms with E-state index in [4.69, 9.17) is 9.47 Å². The van der Waals surface area contributed by atoms with Crippen LogP contribution in [0.5, 0.6) is 0 Å². The van der Waals surface area contributed by atoms with Crippen LogP contribution in [0.3, 0.4) is 0 Å². The normalized spacial score (nSPS) is 39.0. The second-order valence-electron chi connectivity index (χ2n) is 3.11. The summed E-state index contributed by atoms with van der Waals surface area (Å²) in [7, 11) is 0. The first-order valence-corrected chi connectivity index (χ1v) is 3.96. The molecule has 0 radical (unpaired) electrons. The Bertz CT molecular complexity index is 138. The van der Waals surface area contributed by atoms with Crippen LogP contribution in [-0.2, 0) is 9.47 Å². The summed E-state index contributed by atoms with van der Waals surface area (Å²) in [5.41, 5.74) is 0. The maximum atomic E-state index is 9.33. The van der Waals surface area contributed by atoms with Crippen molar-refractivity contribution in [2.75, 3.05) is 26.4 Å². The molecule has 2 saturated heterocycles. The number of hydrogen-bond donors (Lipinski definition) is 2. The number of aliphatic hydroxyl groups is 1. The van der Waals surface area contributed by atoms with Gasteiger partial charge in [-0.1, -0.05) is 0 Å². The molecular formula is C7H13NO3. The van der Waals surface area contributed by atoms with Crippen LogP contribution < -0.4 is 5.32 Å². The van der Waals surface area contributed by atoms with Crippen LogP contribution in [0.2, 0.25) is 0 Å². The van der Waals surface area contributed by atoms with Crippen LogP contribution in [0.1, 0.15) is 0 Å². The van der Waals surface area contributed by atoms with Crippen molar-refractivity contribution in [1.29, 1.82) is 0 Å². The number of nitrogens with one attached hydrogen (secondary N) is 1. The van der Waals surface area contributed by atoms with Crippen LogP contribution in [0.4, 0.5) is 0 Å². The molecule has 0 aromatic rings. The predicted molar refractivity (Wildman–Crippen MR) is 38.4 cm³/mol. The molecule has 0 aromatic carbocycles. The fourth-order valence-corrected chi connectivity index (χ4v) is 1.34. The van der Waals surface area contributed by atoms with Gasteiger partial charge in [0.2, 0.25) is 0 Å². The molecule has 4 nitrogen and oxygen atoms in total. The lowest BCUT2D eigenvalue weighted by atomic mass is 10.1. The van der Waals surface area contributed by atoms with Gasteiger partial charge in [0.15, 0.2) is 0 Å². The largest absolute Gasteiger partial charge is 0.389 e. The minimum atomic E-state index is -0.337. The average Bonchev–Trinajstić information content (AvgIpc) is 2.27. The van der Waals surface area contributed by atoms with Gasteiger partial charge in [0.05, 0.1) is 44.6 Å². The first-order valence-electron chi connectivity index (χ1n) is 3.96. The Morgan fingerprint density at radius 3 is 2.27 bits per heavy atom. The first-order chi connectivity index (χ1) is 5.36. The highest BCUT2D eigenvalue weighted by Crippen LogP contribution is 2.08. The zero-order valence-corrected chi connectivity index (χ0v) is 6.32. The van der Waals surface area contributed by atoms with Gasteiger partial charge in [-0.15, -0.1) is 0 Å².